The molecule has 2 heterocycles. The number of carbonyl (C=O) groups is 2. The molecule has 0 fully saturated rings. The third-order valence-corrected chi connectivity index (χ3v) is 5.67. The van der Waals surface area contributed by atoms with E-state index in [1.807, 2.05) is 47.6 Å². The Kier molecular flexibility index (Phi) is 5.06. The van der Waals surface area contributed by atoms with E-state index < -0.39 is 0 Å². The molecule has 0 aliphatic carbocycles. The molecule has 2 aliphatic rings. The summed E-state index contributed by atoms with van der Waals surface area (Å²) in [5.74, 6) is -0.101. The van der Waals surface area contributed by atoms with Gasteiger partial charge in [0.2, 0.25) is 0 Å². The van der Waals surface area contributed by atoms with Crippen molar-refractivity contribution in [3.8, 4) is 17.2 Å². The standard InChI is InChI=1S/C22H28O5/c1-10(2)7-8-14-20(25)18-19(24)12(5)13(6)26-22(18)17-15(11(3)4)9-16(23)27-21(14)17/h7,11-13,15,25H,8-9H2,1-6H3. The van der Waals surface area contributed by atoms with Crippen LogP contribution in [0.1, 0.15) is 75.4 Å². The molecule has 3 rings (SSSR count). The normalized spacial score (nSPS) is 24.0. The van der Waals surface area contributed by atoms with Gasteiger partial charge >= 0.3 is 5.97 Å². The van der Waals surface area contributed by atoms with Crippen LogP contribution >= 0.6 is 0 Å². The van der Waals surface area contributed by atoms with E-state index in [4.69, 9.17) is 9.47 Å². The second kappa shape index (κ2) is 7.02. The first-order valence-corrected chi connectivity index (χ1v) is 9.60. The summed E-state index contributed by atoms with van der Waals surface area (Å²) in [6.07, 6.45) is 2.28. The number of ketones is 1. The molecule has 27 heavy (non-hydrogen) atoms. The van der Waals surface area contributed by atoms with E-state index in [1.54, 1.807) is 0 Å². The van der Waals surface area contributed by atoms with Crippen molar-refractivity contribution in [2.24, 2.45) is 11.8 Å². The van der Waals surface area contributed by atoms with E-state index in [0.29, 0.717) is 23.5 Å². The van der Waals surface area contributed by atoms with Crippen molar-refractivity contribution in [3.63, 3.8) is 0 Å². The highest BCUT2D eigenvalue weighted by molar-refractivity contribution is 6.05. The predicted octanol–water partition coefficient (Wildman–Crippen LogP) is 4.55. The average molecular weight is 372 g/mol. The van der Waals surface area contributed by atoms with Crippen LogP contribution in [0.3, 0.4) is 0 Å². The van der Waals surface area contributed by atoms with Gasteiger partial charge in [-0.15, -0.1) is 0 Å². The van der Waals surface area contributed by atoms with Crippen molar-refractivity contribution >= 4 is 11.8 Å². The van der Waals surface area contributed by atoms with E-state index in [9.17, 15) is 14.7 Å². The molecule has 0 radical (unpaired) electrons. The second-order valence-electron chi connectivity index (χ2n) is 8.26. The lowest BCUT2D eigenvalue weighted by atomic mass is 9.78. The summed E-state index contributed by atoms with van der Waals surface area (Å²) in [6, 6.07) is 0. The summed E-state index contributed by atoms with van der Waals surface area (Å²) in [5, 5.41) is 11.0. The van der Waals surface area contributed by atoms with Crippen molar-refractivity contribution in [2.45, 2.75) is 66.4 Å². The van der Waals surface area contributed by atoms with E-state index in [-0.39, 0.29) is 53.3 Å². The van der Waals surface area contributed by atoms with Crippen molar-refractivity contribution < 1.29 is 24.2 Å². The van der Waals surface area contributed by atoms with Crippen LogP contribution in [0, 0.1) is 11.8 Å². The van der Waals surface area contributed by atoms with Gasteiger partial charge in [0.25, 0.3) is 0 Å². The first kappa shape index (κ1) is 19.5. The fourth-order valence-electron chi connectivity index (χ4n) is 3.80. The maximum absolute atomic E-state index is 13.0. The lowest BCUT2D eigenvalue weighted by Crippen LogP contribution is -2.36. The zero-order valence-electron chi connectivity index (χ0n) is 16.9. The third-order valence-electron chi connectivity index (χ3n) is 5.67. The molecule has 0 saturated heterocycles. The van der Waals surface area contributed by atoms with Gasteiger partial charge in [0.1, 0.15) is 28.9 Å². The van der Waals surface area contributed by atoms with Crippen LogP contribution in [0.5, 0.6) is 17.2 Å². The van der Waals surface area contributed by atoms with Gasteiger partial charge in [-0.05, 0) is 33.1 Å². The molecular formula is C22H28O5. The summed E-state index contributed by atoms with van der Waals surface area (Å²) >= 11 is 0. The Hall–Kier alpha value is -2.30. The molecule has 0 saturated carbocycles. The molecule has 5 heteroatoms. The topological polar surface area (TPSA) is 72.8 Å². The van der Waals surface area contributed by atoms with Crippen LogP contribution in [-0.2, 0) is 11.2 Å². The van der Waals surface area contributed by atoms with Gasteiger partial charge < -0.3 is 14.6 Å². The first-order chi connectivity index (χ1) is 12.6. The lowest BCUT2D eigenvalue weighted by molar-refractivity contribution is -0.136. The number of rotatable bonds is 3. The molecule has 0 amide bonds. The van der Waals surface area contributed by atoms with Crippen LogP contribution in [0.4, 0.5) is 0 Å². The van der Waals surface area contributed by atoms with Crippen molar-refractivity contribution in [2.75, 3.05) is 0 Å². The Balaban J connectivity index is 2.35. The number of esters is 1. The Morgan fingerprint density at radius 2 is 1.89 bits per heavy atom. The number of Topliss-reactive ketones (excluding diaryl/α,β-unsaturated/α-hetero) is 1. The number of carbonyl (C=O) groups excluding carboxylic acids is 2. The minimum Gasteiger partial charge on any atom is -0.507 e. The molecule has 5 nitrogen and oxygen atoms in total. The van der Waals surface area contributed by atoms with Gasteiger partial charge in [-0.25, -0.2) is 0 Å². The highest BCUT2D eigenvalue weighted by atomic mass is 16.5. The molecule has 146 valence electrons. The van der Waals surface area contributed by atoms with Gasteiger partial charge in [-0.1, -0.05) is 32.4 Å². The Bertz CT molecular complexity index is 830. The molecule has 3 atom stereocenters. The summed E-state index contributed by atoms with van der Waals surface area (Å²) < 4.78 is 11.7. The van der Waals surface area contributed by atoms with E-state index in [2.05, 4.69) is 0 Å². The maximum atomic E-state index is 13.0. The van der Waals surface area contributed by atoms with Gasteiger partial charge in [0.15, 0.2) is 5.78 Å². The number of phenols is 1. The summed E-state index contributed by atoms with van der Waals surface area (Å²) in [7, 11) is 0. The van der Waals surface area contributed by atoms with Crippen molar-refractivity contribution in [1.29, 1.82) is 0 Å². The number of ether oxygens (including phenoxy) is 2. The Morgan fingerprint density at radius 1 is 1.22 bits per heavy atom. The van der Waals surface area contributed by atoms with Crippen LogP contribution in [0.25, 0.3) is 0 Å². The molecule has 1 N–H and O–H groups in total. The maximum Gasteiger partial charge on any atom is 0.311 e. The van der Waals surface area contributed by atoms with E-state index in [1.165, 1.54) is 0 Å². The van der Waals surface area contributed by atoms with Crippen LogP contribution in [-0.4, -0.2) is 23.0 Å². The molecule has 3 unspecified atom stereocenters. The number of benzene rings is 1. The number of phenolic OH excluding ortho intramolecular Hbond substituents is 1. The summed E-state index contributed by atoms with van der Waals surface area (Å²) in [5.41, 5.74) is 2.55. The smallest absolute Gasteiger partial charge is 0.311 e. The van der Waals surface area contributed by atoms with Crippen molar-refractivity contribution in [3.05, 3.63) is 28.3 Å². The predicted molar refractivity (Wildman–Crippen MR) is 103 cm³/mol. The minimum absolute atomic E-state index is 0.116. The number of allylic oxidation sites excluding steroid dienone is 2. The molecule has 0 bridgehead atoms. The monoisotopic (exact) mass is 372 g/mol. The molecule has 1 aromatic carbocycles. The lowest BCUT2D eigenvalue weighted by Gasteiger charge is -2.36. The highest BCUT2D eigenvalue weighted by Crippen LogP contribution is 2.53. The largest absolute Gasteiger partial charge is 0.507 e. The van der Waals surface area contributed by atoms with Gasteiger partial charge in [0.05, 0.1) is 12.3 Å². The fraction of sp³-hybridized carbons (Fsp3) is 0.545. The van der Waals surface area contributed by atoms with Gasteiger partial charge in [-0.2, -0.15) is 0 Å². The van der Waals surface area contributed by atoms with E-state index in [0.717, 1.165) is 11.1 Å². The van der Waals surface area contributed by atoms with Gasteiger partial charge in [0, 0.05) is 17.0 Å². The number of fused-ring (bicyclic) bond motifs is 3. The molecule has 0 spiro atoms. The quantitative estimate of drug-likeness (QED) is 0.479. The van der Waals surface area contributed by atoms with Crippen LogP contribution in [0.15, 0.2) is 11.6 Å². The average Bonchev–Trinajstić information content (AvgIpc) is 2.58. The van der Waals surface area contributed by atoms with Gasteiger partial charge in [-0.3, -0.25) is 9.59 Å². The summed E-state index contributed by atoms with van der Waals surface area (Å²) in [6.45, 7) is 11.7. The number of aromatic hydroxyl groups is 1. The Labute approximate surface area is 160 Å². The first-order valence-electron chi connectivity index (χ1n) is 9.60. The third kappa shape index (κ3) is 3.24. The van der Waals surface area contributed by atoms with Crippen LogP contribution in [0.2, 0.25) is 0 Å². The number of hydrogen-bond acceptors (Lipinski definition) is 5. The minimum atomic E-state index is -0.346. The van der Waals surface area contributed by atoms with Crippen molar-refractivity contribution in [1.82, 2.24) is 0 Å². The fourth-order valence-corrected chi connectivity index (χ4v) is 3.80. The SMILES string of the molecule is CC(C)=CCc1c(O)c2c(c3c1OC(=O)CC3C(C)C)OC(C)C(C)C2=O. The Morgan fingerprint density at radius 3 is 2.48 bits per heavy atom. The van der Waals surface area contributed by atoms with E-state index >= 15 is 0 Å². The highest BCUT2D eigenvalue weighted by Gasteiger charge is 2.43. The summed E-state index contributed by atoms with van der Waals surface area (Å²) in [4.78, 5) is 25.3. The van der Waals surface area contributed by atoms with Crippen LogP contribution < -0.4 is 9.47 Å². The molecular weight excluding hydrogens is 344 g/mol. The molecule has 1 aromatic rings. The zero-order chi connectivity index (χ0) is 20.0. The molecule has 2 aliphatic heterocycles. The number of hydrogen-bond donors (Lipinski definition) is 1. The zero-order valence-corrected chi connectivity index (χ0v) is 16.9. The molecule has 0 aromatic heterocycles. The second-order valence-corrected chi connectivity index (χ2v) is 8.26.